The fraction of sp³-hybridized carbons (Fsp3) is 0.909. The number of carbonyl (C=O) groups excluding carboxylic acids is 1. The molecule has 0 aromatic heterocycles. The molecule has 0 radical (unpaired) electrons. The van der Waals surface area contributed by atoms with Gasteiger partial charge in [0.2, 0.25) is 5.91 Å². The van der Waals surface area contributed by atoms with Gasteiger partial charge >= 0.3 is 0 Å². The van der Waals surface area contributed by atoms with Crippen molar-refractivity contribution in [3.63, 3.8) is 0 Å². The van der Waals surface area contributed by atoms with Crippen molar-refractivity contribution >= 4 is 5.91 Å². The molecular weight excluding hydrogens is 192 g/mol. The van der Waals surface area contributed by atoms with Crippen molar-refractivity contribution in [3.8, 4) is 0 Å². The van der Waals surface area contributed by atoms with Gasteiger partial charge in [-0.3, -0.25) is 4.79 Å². The maximum atomic E-state index is 11.8. The van der Waals surface area contributed by atoms with E-state index in [1.807, 2.05) is 6.92 Å². The van der Waals surface area contributed by atoms with E-state index in [1.165, 1.54) is 0 Å². The Morgan fingerprint density at radius 3 is 2.93 bits per heavy atom. The van der Waals surface area contributed by atoms with Crippen molar-refractivity contribution in [2.75, 3.05) is 20.2 Å². The highest BCUT2D eigenvalue weighted by atomic mass is 16.5. The van der Waals surface area contributed by atoms with Crippen LogP contribution in [0.15, 0.2) is 0 Å². The lowest BCUT2D eigenvalue weighted by molar-refractivity contribution is -0.132. The van der Waals surface area contributed by atoms with Crippen molar-refractivity contribution in [3.05, 3.63) is 0 Å². The molecule has 1 rings (SSSR count). The summed E-state index contributed by atoms with van der Waals surface area (Å²) >= 11 is 0. The summed E-state index contributed by atoms with van der Waals surface area (Å²) in [6.45, 7) is 3.54. The monoisotopic (exact) mass is 214 g/mol. The SMILES string of the molecule is CCC[C@@H](N)C(=O)N(C)CC1CCCO1. The zero-order chi connectivity index (χ0) is 11.3. The van der Waals surface area contributed by atoms with Gasteiger partial charge in [-0.05, 0) is 19.3 Å². The average Bonchev–Trinajstić information content (AvgIpc) is 2.69. The van der Waals surface area contributed by atoms with Gasteiger partial charge in [-0.1, -0.05) is 13.3 Å². The van der Waals surface area contributed by atoms with E-state index in [4.69, 9.17) is 10.5 Å². The molecule has 88 valence electrons. The summed E-state index contributed by atoms with van der Waals surface area (Å²) in [7, 11) is 1.81. The minimum Gasteiger partial charge on any atom is -0.376 e. The van der Waals surface area contributed by atoms with Gasteiger partial charge in [0, 0.05) is 20.2 Å². The maximum absolute atomic E-state index is 11.8. The van der Waals surface area contributed by atoms with Crippen LogP contribution in [-0.2, 0) is 9.53 Å². The predicted molar refractivity (Wildman–Crippen MR) is 59.5 cm³/mol. The summed E-state index contributed by atoms with van der Waals surface area (Å²) in [5, 5.41) is 0. The number of hydrogen-bond donors (Lipinski definition) is 1. The molecule has 15 heavy (non-hydrogen) atoms. The molecule has 1 amide bonds. The highest BCUT2D eigenvalue weighted by Gasteiger charge is 2.22. The number of amides is 1. The summed E-state index contributed by atoms with van der Waals surface area (Å²) in [6.07, 6.45) is 4.08. The molecule has 1 heterocycles. The fourth-order valence-corrected chi connectivity index (χ4v) is 1.90. The summed E-state index contributed by atoms with van der Waals surface area (Å²) < 4.78 is 5.48. The van der Waals surface area contributed by atoms with Gasteiger partial charge in [0.05, 0.1) is 12.1 Å². The van der Waals surface area contributed by atoms with Crippen molar-refractivity contribution < 1.29 is 9.53 Å². The van der Waals surface area contributed by atoms with Crippen LogP contribution in [0.3, 0.4) is 0 Å². The quantitative estimate of drug-likeness (QED) is 0.735. The van der Waals surface area contributed by atoms with Gasteiger partial charge < -0.3 is 15.4 Å². The molecule has 1 aliphatic rings. The number of rotatable bonds is 5. The van der Waals surface area contributed by atoms with Crippen LogP contribution in [0.1, 0.15) is 32.6 Å². The van der Waals surface area contributed by atoms with Crippen molar-refractivity contribution in [1.82, 2.24) is 4.90 Å². The van der Waals surface area contributed by atoms with E-state index in [2.05, 4.69) is 0 Å². The largest absolute Gasteiger partial charge is 0.376 e. The van der Waals surface area contributed by atoms with Gasteiger partial charge in [-0.25, -0.2) is 0 Å². The Kier molecular flexibility index (Phi) is 5.05. The van der Waals surface area contributed by atoms with E-state index in [-0.39, 0.29) is 18.1 Å². The van der Waals surface area contributed by atoms with Gasteiger partial charge in [0.25, 0.3) is 0 Å². The van der Waals surface area contributed by atoms with E-state index >= 15 is 0 Å². The summed E-state index contributed by atoms with van der Waals surface area (Å²) in [6, 6.07) is -0.346. The smallest absolute Gasteiger partial charge is 0.239 e. The molecular formula is C11H22N2O2. The second-order valence-electron chi connectivity index (χ2n) is 4.25. The molecule has 2 atom stereocenters. The molecule has 0 bridgehead atoms. The van der Waals surface area contributed by atoms with E-state index < -0.39 is 0 Å². The van der Waals surface area contributed by atoms with Gasteiger partial charge in [0.1, 0.15) is 0 Å². The lowest BCUT2D eigenvalue weighted by Crippen LogP contribution is -2.44. The van der Waals surface area contributed by atoms with Crippen LogP contribution < -0.4 is 5.73 Å². The normalized spacial score (nSPS) is 22.7. The van der Waals surface area contributed by atoms with Crippen LogP contribution in [0.2, 0.25) is 0 Å². The second-order valence-corrected chi connectivity index (χ2v) is 4.25. The molecule has 2 N–H and O–H groups in total. The van der Waals surface area contributed by atoms with E-state index in [1.54, 1.807) is 11.9 Å². The fourth-order valence-electron chi connectivity index (χ4n) is 1.90. The molecule has 1 aliphatic heterocycles. The molecule has 0 spiro atoms. The highest BCUT2D eigenvalue weighted by molar-refractivity contribution is 5.81. The Morgan fingerprint density at radius 2 is 2.40 bits per heavy atom. The topological polar surface area (TPSA) is 55.6 Å². The lowest BCUT2D eigenvalue weighted by Gasteiger charge is -2.23. The van der Waals surface area contributed by atoms with Crippen LogP contribution in [-0.4, -0.2) is 43.2 Å². The Balaban J connectivity index is 2.31. The third kappa shape index (κ3) is 3.80. The lowest BCUT2D eigenvalue weighted by atomic mass is 10.1. The first-order valence-corrected chi connectivity index (χ1v) is 5.77. The number of likely N-dealkylation sites (N-methyl/N-ethyl adjacent to an activating group) is 1. The molecule has 0 saturated carbocycles. The molecule has 0 aromatic rings. The zero-order valence-corrected chi connectivity index (χ0v) is 9.74. The van der Waals surface area contributed by atoms with E-state index in [0.717, 1.165) is 32.3 Å². The molecule has 0 aliphatic carbocycles. The Morgan fingerprint density at radius 1 is 1.67 bits per heavy atom. The predicted octanol–water partition coefficient (Wildman–Crippen LogP) is 0.751. The highest BCUT2D eigenvalue weighted by Crippen LogP contribution is 2.13. The third-order valence-electron chi connectivity index (χ3n) is 2.79. The summed E-state index contributed by atoms with van der Waals surface area (Å²) in [4.78, 5) is 13.5. The first kappa shape index (κ1) is 12.5. The van der Waals surface area contributed by atoms with Crippen LogP contribution in [0.4, 0.5) is 0 Å². The first-order valence-electron chi connectivity index (χ1n) is 5.77. The Hall–Kier alpha value is -0.610. The first-order chi connectivity index (χ1) is 7.15. The van der Waals surface area contributed by atoms with Gasteiger partial charge in [-0.15, -0.1) is 0 Å². The van der Waals surface area contributed by atoms with Crippen LogP contribution >= 0.6 is 0 Å². The van der Waals surface area contributed by atoms with Crippen LogP contribution in [0.5, 0.6) is 0 Å². The standard InChI is InChI=1S/C11H22N2O2/c1-3-5-10(12)11(14)13(2)8-9-6-4-7-15-9/h9-10H,3-8,12H2,1-2H3/t9?,10-/m1/s1. The summed E-state index contributed by atoms with van der Waals surface area (Å²) in [5.74, 6) is 0.0346. The number of ether oxygens (including phenoxy) is 1. The van der Waals surface area contributed by atoms with Crippen LogP contribution in [0.25, 0.3) is 0 Å². The molecule has 0 aromatic carbocycles. The van der Waals surface area contributed by atoms with E-state index in [0.29, 0.717) is 6.54 Å². The van der Waals surface area contributed by atoms with Crippen molar-refractivity contribution in [2.24, 2.45) is 5.73 Å². The maximum Gasteiger partial charge on any atom is 0.239 e. The second kappa shape index (κ2) is 6.08. The number of carbonyl (C=O) groups is 1. The zero-order valence-electron chi connectivity index (χ0n) is 9.74. The van der Waals surface area contributed by atoms with Crippen LogP contribution in [0, 0.1) is 0 Å². The minimum absolute atomic E-state index is 0.0346. The minimum atomic E-state index is -0.346. The summed E-state index contributed by atoms with van der Waals surface area (Å²) in [5.41, 5.74) is 5.77. The average molecular weight is 214 g/mol. The molecule has 4 nitrogen and oxygen atoms in total. The van der Waals surface area contributed by atoms with Gasteiger partial charge in [-0.2, -0.15) is 0 Å². The van der Waals surface area contributed by atoms with E-state index in [9.17, 15) is 4.79 Å². The number of nitrogens with two attached hydrogens (primary N) is 1. The molecule has 1 unspecified atom stereocenters. The number of hydrogen-bond acceptors (Lipinski definition) is 3. The van der Waals surface area contributed by atoms with Gasteiger partial charge in [0.15, 0.2) is 0 Å². The molecule has 1 fully saturated rings. The van der Waals surface area contributed by atoms with Crippen molar-refractivity contribution in [2.45, 2.75) is 44.8 Å². The van der Waals surface area contributed by atoms with Crippen molar-refractivity contribution in [1.29, 1.82) is 0 Å². The number of nitrogens with zero attached hydrogens (tertiary/aromatic N) is 1. The Labute approximate surface area is 91.8 Å². The molecule has 1 saturated heterocycles. The Bertz CT molecular complexity index is 203. The third-order valence-corrected chi connectivity index (χ3v) is 2.79. The molecule has 4 heteroatoms.